The Kier molecular flexibility index (Phi) is 5.30. The minimum atomic E-state index is 0.172. The molecule has 1 amide bonds. The van der Waals surface area contributed by atoms with Gasteiger partial charge in [0.1, 0.15) is 0 Å². The van der Waals surface area contributed by atoms with E-state index in [0.717, 1.165) is 57.6 Å². The van der Waals surface area contributed by atoms with Gasteiger partial charge < -0.3 is 4.90 Å². The van der Waals surface area contributed by atoms with E-state index < -0.39 is 0 Å². The van der Waals surface area contributed by atoms with Crippen molar-refractivity contribution in [1.29, 1.82) is 0 Å². The number of amides is 1. The van der Waals surface area contributed by atoms with E-state index in [9.17, 15) is 4.79 Å². The minimum Gasteiger partial charge on any atom is -0.334 e. The third-order valence-electron chi connectivity index (χ3n) is 5.75. The molecule has 1 aromatic heterocycles. The summed E-state index contributed by atoms with van der Waals surface area (Å²) in [6.45, 7) is 3.88. The average Bonchev–Trinajstić information content (AvgIpc) is 3.19. The molecule has 0 aliphatic carbocycles. The van der Waals surface area contributed by atoms with Gasteiger partial charge >= 0.3 is 0 Å². The van der Waals surface area contributed by atoms with Gasteiger partial charge in [0.25, 0.3) is 0 Å². The Morgan fingerprint density at radius 2 is 1.73 bits per heavy atom. The number of carbonyl (C=O) groups excluding carboxylic acids is 1. The van der Waals surface area contributed by atoms with Gasteiger partial charge in [-0.25, -0.2) is 0 Å². The molecule has 2 aliphatic rings. The highest BCUT2D eigenvalue weighted by Crippen LogP contribution is 2.33. The second-order valence-electron chi connectivity index (χ2n) is 7.48. The number of piperidine rings is 1. The number of hydrogen-bond donors (Lipinski definition) is 0. The first-order chi connectivity index (χ1) is 12.8. The van der Waals surface area contributed by atoms with Crippen LogP contribution in [0.15, 0.2) is 54.7 Å². The summed E-state index contributed by atoms with van der Waals surface area (Å²) < 4.78 is 0. The first-order valence-electron chi connectivity index (χ1n) is 9.79. The van der Waals surface area contributed by atoms with Gasteiger partial charge in [-0.3, -0.25) is 14.7 Å². The van der Waals surface area contributed by atoms with Gasteiger partial charge in [0.15, 0.2) is 0 Å². The topological polar surface area (TPSA) is 36.4 Å². The molecule has 0 bridgehead atoms. The van der Waals surface area contributed by atoms with Crippen molar-refractivity contribution in [3.63, 3.8) is 0 Å². The second-order valence-corrected chi connectivity index (χ2v) is 7.48. The Morgan fingerprint density at radius 1 is 0.962 bits per heavy atom. The Bertz CT molecular complexity index is 711. The van der Waals surface area contributed by atoms with Gasteiger partial charge in [-0.05, 0) is 56.5 Å². The molecule has 4 rings (SSSR count). The zero-order valence-corrected chi connectivity index (χ0v) is 15.3. The molecule has 0 N–H and O–H groups in total. The number of hydrogen-bond acceptors (Lipinski definition) is 3. The fraction of sp³-hybridized carbons (Fsp3) is 0.455. The SMILES string of the molecule is O=C(C1CCN(Cc2ccccc2)CC1)N1CCCC1c1ccccn1. The molecule has 1 unspecified atom stereocenters. The predicted octanol–water partition coefficient (Wildman–Crippen LogP) is 3.66. The first kappa shape index (κ1) is 17.2. The molecule has 2 aliphatic heterocycles. The van der Waals surface area contributed by atoms with E-state index >= 15 is 0 Å². The van der Waals surface area contributed by atoms with Crippen molar-refractivity contribution < 1.29 is 4.79 Å². The van der Waals surface area contributed by atoms with Crippen molar-refractivity contribution in [3.05, 3.63) is 66.0 Å². The molecule has 1 atom stereocenters. The smallest absolute Gasteiger partial charge is 0.226 e. The fourth-order valence-electron chi connectivity index (χ4n) is 4.33. The summed E-state index contributed by atoms with van der Waals surface area (Å²) in [7, 11) is 0. The van der Waals surface area contributed by atoms with Crippen LogP contribution >= 0.6 is 0 Å². The maximum atomic E-state index is 13.1. The molecule has 2 fully saturated rings. The van der Waals surface area contributed by atoms with Crippen molar-refractivity contribution in [1.82, 2.24) is 14.8 Å². The number of nitrogens with zero attached hydrogens (tertiary/aromatic N) is 3. The molecule has 4 heteroatoms. The van der Waals surface area contributed by atoms with Crippen LogP contribution in [-0.2, 0) is 11.3 Å². The molecule has 0 spiro atoms. The summed E-state index contributed by atoms with van der Waals surface area (Å²) in [4.78, 5) is 22.2. The second kappa shape index (κ2) is 8.00. The molecule has 2 saturated heterocycles. The maximum absolute atomic E-state index is 13.1. The van der Waals surface area contributed by atoms with Crippen LogP contribution in [0.1, 0.15) is 43.0 Å². The van der Waals surface area contributed by atoms with Gasteiger partial charge in [-0.1, -0.05) is 36.4 Å². The Morgan fingerprint density at radius 3 is 2.46 bits per heavy atom. The van der Waals surface area contributed by atoms with E-state index in [-0.39, 0.29) is 12.0 Å². The van der Waals surface area contributed by atoms with Gasteiger partial charge in [0, 0.05) is 25.2 Å². The number of aromatic nitrogens is 1. The zero-order chi connectivity index (χ0) is 17.8. The highest BCUT2D eigenvalue weighted by Gasteiger charge is 2.35. The number of pyridine rings is 1. The lowest BCUT2D eigenvalue weighted by Gasteiger charge is -2.34. The van der Waals surface area contributed by atoms with Crippen molar-refractivity contribution in [2.45, 2.75) is 38.3 Å². The van der Waals surface area contributed by atoms with E-state index in [1.165, 1.54) is 5.56 Å². The third kappa shape index (κ3) is 3.80. The Labute approximate surface area is 155 Å². The molecule has 26 heavy (non-hydrogen) atoms. The number of carbonyl (C=O) groups is 1. The largest absolute Gasteiger partial charge is 0.334 e. The number of likely N-dealkylation sites (tertiary alicyclic amines) is 2. The van der Waals surface area contributed by atoms with Crippen molar-refractivity contribution in [2.24, 2.45) is 5.92 Å². The molecular weight excluding hydrogens is 322 g/mol. The van der Waals surface area contributed by atoms with Gasteiger partial charge in [-0.15, -0.1) is 0 Å². The predicted molar refractivity (Wildman–Crippen MR) is 102 cm³/mol. The van der Waals surface area contributed by atoms with Crippen LogP contribution < -0.4 is 0 Å². The lowest BCUT2D eigenvalue weighted by Crippen LogP contribution is -2.42. The summed E-state index contributed by atoms with van der Waals surface area (Å²) in [6, 6.07) is 16.8. The molecule has 2 aromatic rings. The Balaban J connectivity index is 1.34. The van der Waals surface area contributed by atoms with E-state index in [0.29, 0.717) is 5.91 Å². The molecular formula is C22H27N3O. The Hall–Kier alpha value is -2.20. The van der Waals surface area contributed by atoms with Gasteiger partial charge in [0.2, 0.25) is 5.91 Å². The van der Waals surface area contributed by atoms with Crippen LogP contribution in [0.3, 0.4) is 0 Å². The van der Waals surface area contributed by atoms with E-state index in [1.54, 1.807) is 0 Å². The molecule has 136 valence electrons. The van der Waals surface area contributed by atoms with Crippen molar-refractivity contribution in [3.8, 4) is 0 Å². The summed E-state index contributed by atoms with van der Waals surface area (Å²) in [5, 5.41) is 0. The highest BCUT2D eigenvalue weighted by atomic mass is 16.2. The molecule has 4 nitrogen and oxygen atoms in total. The molecule has 0 radical (unpaired) electrons. The minimum absolute atomic E-state index is 0.172. The van der Waals surface area contributed by atoms with Crippen LogP contribution in [0, 0.1) is 5.92 Å². The summed E-state index contributed by atoms with van der Waals surface area (Å²) >= 11 is 0. The van der Waals surface area contributed by atoms with E-state index in [1.807, 2.05) is 18.3 Å². The number of rotatable bonds is 4. The van der Waals surface area contributed by atoms with Crippen LogP contribution in [0.25, 0.3) is 0 Å². The molecule has 1 aromatic carbocycles. The first-order valence-corrected chi connectivity index (χ1v) is 9.79. The summed E-state index contributed by atoms with van der Waals surface area (Å²) in [5.74, 6) is 0.517. The molecule has 0 saturated carbocycles. The van der Waals surface area contributed by atoms with Gasteiger partial charge in [-0.2, -0.15) is 0 Å². The maximum Gasteiger partial charge on any atom is 0.226 e. The third-order valence-corrected chi connectivity index (χ3v) is 5.75. The summed E-state index contributed by atoms with van der Waals surface area (Å²) in [6.07, 6.45) is 5.89. The summed E-state index contributed by atoms with van der Waals surface area (Å²) in [5.41, 5.74) is 2.40. The standard InChI is InChI=1S/C22H27N3O/c26-22(25-14-6-10-21(25)20-9-4-5-13-23-20)19-11-15-24(16-12-19)17-18-7-2-1-3-8-18/h1-5,7-9,13,19,21H,6,10-12,14-17H2. The van der Waals surface area contributed by atoms with Crippen molar-refractivity contribution in [2.75, 3.05) is 19.6 Å². The highest BCUT2D eigenvalue weighted by molar-refractivity contribution is 5.79. The van der Waals surface area contributed by atoms with Crippen LogP contribution in [0.5, 0.6) is 0 Å². The molecule has 3 heterocycles. The zero-order valence-electron chi connectivity index (χ0n) is 15.3. The average molecular weight is 349 g/mol. The van der Waals surface area contributed by atoms with E-state index in [2.05, 4.69) is 51.2 Å². The lowest BCUT2D eigenvalue weighted by atomic mass is 9.94. The number of benzene rings is 1. The van der Waals surface area contributed by atoms with Crippen molar-refractivity contribution >= 4 is 5.91 Å². The van der Waals surface area contributed by atoms with Crippen LogP contribution in [0.4, 0.5) is 0 Å². The fourth-order valence-corrected chi connectivity index (χ4v) is 4.33. The normalized spacial score (nSPS) is 21.8. The lowest BCUT2D eigenvalue weighted by molar-refractivity contribution is -0.138. The quantitative estimate of drug-likeness (QED) is 0.845. The monoisotopic (exact) mass is 349 g/mol. The van der Waals surface area contributed by atoms with E-state index in [4.69, 9.17) is 0 Å². The van der Waals surface area contributed by atoms with Crippen LogP contribution in [-0.4, -0.2) is 40.3 Å². The van der Waals surface area contributed by atoms with Crippen LogP contribution in [0.2, 0.25) is 0 Å². The van der Waals surface area contributed by atoms with Gasteiger partial charge in [0.05, 0.1) is 11.7 Å².